The van der Waals surface area contributed by atoms with Crippen molar-refractivity contribution in [2.75, 3.05) is 13.2 Å². The Labute approximate surface area is 101 Å². The molecule has 92 valence electrons. The molecule has 1 aromatic carbocycles. The number of carbonyl (C=O) groups is 1. The number of rotatable bonds is 3. The van der Waals surface area contributed by atoms with Gasteiger partial charge < -0.3 is 9.84 Å². The molecule has 0 spiro atoms. The summed E-state index contributed by atoms with van der Waals surface area (Å²) in [5, 5.41) is 9.03. The van der Waals surface area contributed by atoms with E-state index in [4.69, 9.17) is 9.84 Å². The van der Waals surface area contributed by atoms with Crippen molar-refractivity contribution >= 4 is 6.09 Å². The molecule has 0 unspecified atom stereocenters. The molecule has 1 amide bonds. The maximum Gasteiger partial charge on any atom is 0.411 e. The molecule has 1 N–H and O–H groups in total. The molecule has 0 aliphatic carbocycles. The molecule has 4 nitrogen and oxygen atoms in total. The monoisotopic (exact) mass is 235 g/mol. The van der Waals surface area contributed by atoms with E-state index in [9.17, 15) is 4.79 Å². The SMILES string of the molecule is CC(C)(c1ccccc1)N1C[C@@H](CO)OC1=O. The second-order valence-electron chi connectivity index (χ2n) is 4.72. The summed E-state index contributed by atoms with van der Waals surface area (Å²) in [5.74, 6) is 0. The first-order chi connectivity index (χ1) is 8.05. The summed E-state index contributed by atoms with van der Waals surface area (Å²) >= 11 is 0. The molecule has 1 atom stereocenters. The normalized spacial score (nSPS) is 20.5. The van der Waals surface area contributed by atoms with Gasteiger partial charge in [0.2, 0.25) is 0 Å². The highest BCUT2D eigenvalue weighted by molar-refractivity contribution is 5.71. The summed E-state index contributed by atoms with van der Waals surface area (Å²) in [6.45, 7) is 4.25. The Balaban J connectivity index is 2.24. The molecule has 2 rings (SSSR count). The van der Waals surface area contributed by atoms with Gasteiger partial charge in [-0.05, 0) is 19.4 Å². The van der Waals surface area contributed by atoms with Crippen molar-refractivity contribution < 1.29 is 14.6 Å². The minimum Gasteiger partial charge on any atom is -0.442 e. The van der Waals surface area contributed by atoms with Gasteiger partial charge in [0.25, 0.3) is 0 Å². The summed E-state index contributed by atoms with van der Waals surface area (Å²) < 4.78 is 5.07. The Kier molecular flexibility index (Phi) is 3.07. The lowest BCUT2D eigenvalue weighted by atomic mass is 9.92. The van der Waals surface area contributed by atoms with Crippen LogP contribution in [0.4, 0.5) is 4.79 Å². The van der Waals surface area contributed by atoms with Gasteiger partial charge in [0.1, 0.15) is 6.10 Å². The van der Waals surface area contributed by atoms with Crippen molar-refractivity contribution in [2.45, 2.75) is 25.5 Å². The summed E-state index contributed by atoms with van der Waals surface area (Å²) in [5.41, 5.74) is 0.623. The average Bonchev–Trinajstić information content (AvgIpc) is 2.72. The predicted octanol–water partition coefficient (Wildman–Crippen LogP) is 1.73. The molecule has 1 heterocycles. The van der Waals surface area contributed by atoms with Crippen LogP contribution >= 0.6 is 0 Å². The molecule has 1 aliphatic rings. The zero-order chi connectivity index (χ0) is 12.5. The van der Waals surface area contributed by atoms with Crippen LogP contribution in [-0.4, -0.2) is 35.4 Å². The Morgan fingerprint density at radius 1 is 1.41 bits per heavy atom. The van der Waals surface area contributed by atoms with Crippen LogP contribution in [0, 0.1) is 0 Å². The molecule has 4 heteroatoms. The molecule has 0 bridgehead atoms. The fourth-order valence-corrected chi connectivity index (χ4v) is 2.07. The highest BCUT2D eigenvalue weighted by Crippen LogP contribution is 2.31. The maximum absolute atomic E-state index is 11.8. The van der Waals surface area contributed by atoms with Gasteiger partial charge in [-0.1, -0.05) is 30.3 Å². The summed E-state index contributed by atoms with van der Waals surface area (Å²) in [7, 11) is 0. The van der Waals surface area contributed by atoms with Crippen molar-refractivity contribution in [1.82, 2.24) is 4.90 Å². The number of amides is 1. The van der Waals surface area contributed by atoms with Gasteiger partial charge in [-0.2, -0.15) is 0 Å². The second-order valence-corrected chi connectivity index (χ2v) is 4.72. The molecule has 17 heavy (non-hydrogen) atoms. The predicted molar refractivity (Wildman–Crippen MR) is 63.5 cm³/mol. The minimum absolute atomic E-state index is 0.132. The number of hydrogen-bond acceptors (Lipinski definition) is 3. The molecule has 0 saturated carbocycles. The van der Waals surface area contributed by atoms with Gasteiger partial charge >= 0.3 is 6.09 Å². The first kappa shape index (κ1) is 11.9. The number of hydrogen-bond donors (Lipinski definition) is 1. The van der Waals surface area contributed by atoms with Crippen molar-refractivity contribution in [3.05, 3.63) is 35.9 Å². The van der Waals surface area contributed by atoms with Crippen LogP contribution in [0.2, 0.25) is 0 Å². The molecule has 0 aromatic heterocycles. The van der Waals surface area contributed by atoms with Crippen LogP contribution in [0.3, 0.4) is 0 Å². The lowest BCUT2D eigenvalue weighted by Crippen LogP contribution is -2.42. The average molecular weight is 235 g/mol. The fourth-order valence-electron chi connectivity index (χ4n) is 2.07. The van der Waals surface area contributed by atoms with Crippen LogP contribution in [0.25, 0.3) is 0 Å². The Hall–Kier alpha value is -1.55. The Morgan fingerprint density at radius 3 is 2.59 bits per heavy atom. The number of nitrogens with zero attached hydrogens (tertiary/aromatic N) is 1. The summed E-state index contributed by atoms with van der Waals surface area (Å²) in [6, 6.07) is 9.81. The number of aliphatic hydroxyl groups excluding tert-OH is 1. The van der Waals surface area contributed by atoms with Crippen LogP contribution in [0.1, 0.15) is 19.4 Å². The molecule has 1 aliphatic heterocycles. The molecule has 1 saturated heterocycles. The Bertz CT molecular complexity index is 402. The maximum atomic E-state index is 11.8. The third kappa shape index (κ3) is 2.13. The third-order valence-electron chi connectivity index (χ3n) is 3.23. The third-order valence-corrected chi connectivity index (χ3v) is 3.23. The summed E-state index contributed by atoms with van der Waals surface area (Å²) in [4.78, 5) is 13.4. The quantitative estimate of drug-likeness (QED) is 0.868. The van der Waals surface area contributed by atoms with Gasteiger partial charge in [-0.25, -0.2) is 4.79 Å². The first-order valence-electron chi connectivity index (χ1n) is 5.70. The zero-order valence-corrected chi connectivity index (χ0v) is 10.1. The number of carbonyl (C=O) groups excluding carboxylic acids is 1. The molecular formula is C13H17NO3. The smallest absolute Gasteiger partial charge is 0.411 e. The van der Waals surface area contributed by atoms with Gasteiger partial charge in [-0.15, -0.1) is 0 Å². The van der Waals surface area contributed by atoms with Crippen molar-refractivity contribution in [2.24, 2.45) is 0 Å². The van der Waals surface area contributed by atoms with Crippen LogP contribution < -0.4 is 0 Å². The lowest BCUT2D eigenvalue weighted by Gasteiger charge is -2.34. The minimum atomic E-state index is -0.428. The van der Waals surface area contributed by atoms with E-state index in [-0.39, 0.29) is 12.7 Å². The highest BCUT2D eigenvalue weighted by atomic mass is 16.6. The largest absolute Gasteiger partial charge is 0.442 e. The molecular weight excluding hydrogens is 218 g/mol. The van der Waals surface area contributed by atoms with E-state index in [0.29, 0.717) is 6.54 Å². The van der Waals surface area contributed by atoms with E-state index in [1.54, 1.807) is 4.90 Å². The fraction of sp³-hybridized carbons (Fsp3) is 0.462. The van der Waals surface area contributed by atoms with Crippen LogP contribution in [0.15, 0.2) is 30.3 Å². The van der Waals surface area contributed by atoms with Crippen LogP contribution in [0.5, 0.6) is 0 Å². The standard InChI is InChI=1S/C13H17NO3/c1-13(2,10-6-4-3-5-7-10)14-8-11(9-15)17-12(14)16/h3-7,11,15H,8-9H2,1-2H3/t11-/m0/s1. The Morgan fingerprint density at radius 2 is 2.06 bits per heavy atom. The highest BCUT2D eigenvalue weighted by Gasteiger charge is 2.41. The molecule has 0 radical (unpaired) electrons. The van der Waals surface area contributed by atoms with E-state index in [1.807, 2.05) is 44.2 Å². The van der Waals surface area contributed by atoms with Gasteiger partial charge in [-0.3, -0.25) is 4.90 Å². The zero-order valence-electron chi connectivity index (χ0n) is 10.1. The molecule has 1 fully saturated rings. The van der Waals surface area contributed by atoms with Crippen molar-refractivity contribution in [3.63, 3.8) is 0 Å². The van der Waals surface area contributed by atoms with Crippen molar-refractivity contribution in [1.29, 1.82) is 0 Å². The van der Waals surface area contributed by atoms with E-state index >= 15 is 0 Å². The van der Waals surface area contributed by atoms with Gasteiger partial charge in [0.05, 0.1) is 18.7 Å². The van der Waals surface area contributed by atoms with Gasteiger partial charge in [0.15, 0.2) is 0 Å². The number of benzene rings is 1. The van der Waals surface area contributed by atoms with E-state index in [2.05, 4.69) is 0 Å². The topological polar surface area (TPSA) is 49.8 Å². The first-order valence-corrected chi connectivity index (χ1v) is 5.70. The van der Waals surface area contributed by atoms with Gasteiger partial charge in [0, 0.05) is 0 Å². The molecule has 1 aromatic rings. The number of aliphatic hydroxyl groups is 1. The summed E-state index contributed by atoms with van der Waals surface area (Å²) in [6.07, 6.45) is -0.775. The number of cyclic esters (lactones) is 1. The van der Waals surface area contributed by atoms with Crippen LogP contribution in [-0.2, 0) is 10.3 Å². The number of ether oxygens (including phenoxy) is 1. The van der Waals surface area contributed by atoms with E-state index < -0.39 is 11.6 Å². The lowest BCUT2D eigenvalue weighted by molar-refractivity contribution is 0.0919. The second kappa shape index (κ2) is 4.37. The van der Waals surface area contributed by atoms with E-state index in [0.717, 1.165) is 5.56 Å². The van der Waals surface area contributed by atoms with Crippen molar-refractivity contribution in [3.8, 4) is 0 Å². The van der Waals surface area contributed by atoms with E-state index in [1.165, 1.54) is 0 Å².